The maximum atomic E-state index is 9.20. The first-order valence-electron chi connectivity index (χ1n) is 4.78. The Morgan fingerprint density at radius 1 is 1.29 bits per heavy atom. The van der Waals surface area contributed by atoms with E-state index in [0.717, 1.165) is 14.2 Å². The molecule has 0 aromatic carbocycles. The van der Waals surface area contributed by atoms with Gasteiger partial charge in [0, 0.05) is 12.4 Å². The lowest BCUT2D eigenvalue weighted by Crippen LogP contribution is -1.98. The minimum atomic E-state index is 0.474. The predicted molar refractivity (Wildman–Crippen MR) is 72.9 cm³/mol. The second kappa shape index (κ2) is 5.13. The van der Waals surface area contributed by atoms with Gasteiger partial charge in [0.15, 0.2) is 0 Å². The van der Waals surface area contributed by atoms with Crippen LogP contribution in [0.5, 0.6) is 0 Å². The van der Waals surface area contributed by atoms with Gasteiger partial charge in [0.1, 0.15) is 6.07 Å². The first-order valence-corrected chi connectivity index (χ1v) is 6.39. The van der Waals surface area contributed by atoms with E-state index in [0.29, 0.717) is 11.3 Å². The van der Waals surface area contributed by atoms with Crippen LogP contribution in [-0.4, -0.2) is 4.98 Å². The van der Waals surface area contributed by atoms with E-state index in [1.54, 1.807) is 24.5 Å². The number of rotatable bonds is 2. The first-order chi connectivity index (χ1) is 8.22. The Kier molecular flexibility index (Phi) is 3.57. The van der Waals surface area contributed by atoms with Gasteiger partial charge in [-0.3, -0.25) is 4.98 Å². The minimum Gasteiger partial charge on any atom is -0.396 e. The van der Waals surface area contributed by atoms with Crippen molar-refractivity contribution in [3.63, 3.8) is 0 Å². The van der Waals surface area contributed by atoms with E-state index in [9.17, 15) is 5.26 Å². The van der Waals surface area contributed by atoms with Gasteiger partial charge in [0.05, 0.1) is 19.9 Å². The summed E-state index contributed by atoms with van der Waals surface area (Å²) in [5, 5.41) is 9.20. The summed E-state index contributed by atoms with van der Waals surface area (Å²) >= 11 is 4.88. The molecule has 2 aromatic heterocycles. The number of thiophene rings is 1. The van der Waals surface area contributed by atoms with Crippen LogP contribution in [0.15, 0.2) is 40.4 Å². The highest BCUT2D eigenvalue weighted by atomic mass is 79.9. The second-order valence-corrected chi connectivity index (χ2v) is 5.70. The average molecular weight is 306 g/mol. The molecule has 0 amide bonds. The summed E-state index contributed by atoms with van der Waals surface area (Å²) in [7, 11) is 0. The monoisotopic (exact) mass is 305 g/mol. The van der Waals surface area contributed by atoms with Gasteiger partial charge in [0.2, 0.25) is 0 Å². The van der Waals surface area contributed by atoms with E-state index >= 15 is 0 Å². The smallest absolute Gasteiger partial charge is 0.102 e. The van der Waals surface area contributed by atoms with Crippen molar-refractivity contribution >= 4 is 38.5 Å². The zero-order valence-corrected chi connectivity index (χ0v) is 11.1. The average Bonchev–Trinajstić information content (AvgIpc) is 2.78. The zero-order chi connectivity index (χ0) is 12.3. The molecule has 0 atom stereocenters. The Labute approximate surface area is 111 Å². The molecule has 84 valence electrons. The van der Waals surface area contributed by atoms with Crippen molar-refractivity contribution in [2.75, 3.05) is 0 Å². The summed E-state index contributed by atoms with van der Waals surface area (Å²) in [6.07, 6.45) is 3.29. The summed E-state index contributed by atoms with van der Waals surface area (Å²) in [4.78, 5) is 4.80. The fourth-order valence-electron chi connectivity index (χ4n) is 1.38. The molecule has 17 heavy (non-hydrogen) atoms. The summed E-state index contributed by atoms with van der Waals surface area (Å²) in [5.74, 6) is 0. The molecule has 0 unspecified atom stereocenters. The molecule has 2 aromatic rings. The highest BCUT2D eigenvalue weighted by Gasteiger charge is 2.09. The highest BCUT2D eigenvalue weighted by molar-refractivity contribution is 9.11. The summed E-state index contributed by atoms with van der Waals surface area (Å²) in [6.45, 7) is 0. The van der Waals surface area contributed by atoms with Crippen molar-refractivity contribution < 1.29 is 0 Å². The van der Waals surface area contributed by atoms with Crippen LogP contribution in [0.4, 0.5) is 0 Å². The van der Waals surface area contributed by atoms with Crippen LogP contribution in [0, 0.1) is 11.3 Å². The van der Waals surface area contributed by atoms with Gasteiger partial charge in [-0.15, -0.1) is 11.3 Å². The van der Waals surface area contributed by atoms with Crippen molar-refractivity contribution in [1.82, 2.24) is 4.98 Å². The molecule has 3 nitrogen and oxygen atoms in total. The van der Waals surface area contributed by atoms with Crippen molar-refractivity contribution in [1.29, 1.82) is 5.26 Å². The maximum absolute atomic E-state index is 9.20. The number of nitrogens with zero attached hydrogens (tertiary/aromatic N) is 2. The van der Waals surface area contributed by atoms with Crippen LogP contribution in [0.3, 0.4) is 0 Å². The summed E-state index contributed by atoms with van der Waals surface area (Å²) in [5.41, 5.74) is 7.77. The van der Waals surface area contributed by atoms with E-state index in [1.807, 2.05) is 12.1 Å². The summed E-state index contributed by atoms with van der Waals surface area (Å²) in [6, 6.07) is 9.49. The molecule has 0 fully saturated rings. The van der Waals surface area contributed by atoms with Crippen molar-refractivity contribution in [2.45, 2.75) is 0 Å². The third kappa shape index (κ3) is 2.54. The van der Waals surface area contributed by atoms with Gasteiger partial charge in [-0.25, -0.2) is 0 Å². The van der Waals surface area contributed by atoms with Crippen molar-refractivity contribution in [3.05, 3.63) is 50.9 Å². The molecular weight excluding hydrogens is 298 g/mol. The third-order valence-electron chi connectivity index (χ3n) is 2.19. The Balaban J connectivity index is 2.52. The minimum absolute atomic E-state index is 0.474. The molecule has 0 spiro atoms. The normalized spacial score (nSPS) is 11.8. The van der Waals surface area contributed by atoms with E-state index < -0.39 is 0 Å². The van der Waals surface area contributed by atoms with E-state index in [-0.39, 0.29) is 0 Å². The number of aromatic nitrogens is 1. The second-order valence-electron chi connectivity index (χ2n) is 3.24. The van der Waals surface area contributed by atoms with Gasteiger partial charge in [-0.05, 0) is 45.8 Å². The first kappa shape index (κ1) is 11.8. The fraction of sp³-hybridized carbons (Fsp3) is 0. The van der Waals surface area contributed by atoms with Gasteiger partial charge < -0.3 is 5.73 Å². The van der Waals surface area contributed by atoms with Crippen LogP contribution >= 0.6 is 27.3 Å². The maximum Gasteiger partial charge on any atom is 0.102 e. The van der Waals surface area contributed by atoms with Gasteiger partial charge >= 0.3 is 0 Å². The van der Waals surface area contributed by atoms with E-state index in [1.165, 1.54) is 11.3 Å². The number of hydrogen-bond acceptors (Lipinski definition) is 4. The molecular formula is C12H8BrN3S. The predicted octanol–water partition coefficient (Wildman–Crippen LogP) is 3.26. The lowest BCUT2D eigenvalue weighted by molar-refractivity contribution is 1.32. The summed E-state index contributed by atoms with van der Waals surface area (Å²) < 4.78 is 0.988. The van der Waals surface area contributed by atoms with Crippen LogP contribution in [0.25, 0.3) is 11.3 Å². The molecule has 2 rings (SSSR count). The largest absolute Gasteiger partial charge is 0.396 e. The lowest BCUT2D eigenvalue weighted by atomic mass is 10.1. The molecule has 2 N–H and O–H groups in total. The van der Waals surface area contributed by atoms with Crippen molar-refractivity contribution in [3.8, 4) is 6.07 Å². The number of halogens is 1. The number of hydrogen-bond donors (Lipinski definition) is 1. The van der Waals surface area contributed by atoms with Gasteiger partial charge in [-0.1, -0.05) is 0 Å². The number of nitrogens with two attached hydrogens (primary N) is 1. The Bertz CT molecular complexity index is 596. The van der Waals surface area contributed by atoms with Crippen LogP contribution in [0.2, 0.25) is 0 Å². The highest BCUT2D eigenvalue weighted by Crippen LogP contribution is 2.29. The molecule has 0 aliphatic heterocycles. The molecule has 0 aliphatic carbocycles. The van der Waals surface area contributed by atoms with E-state index in [2.05, 4.69) is 27.0 Å². The number of allylic oxidation sites excluding steroid dienone is 1. The number of pyridine rings is 1. The molecule has 0 bridgehead atoms. The fourth-order valence-corrected chi connectivity index (χ4v) is 2.73. The topological polar surface area (TPSA) is 62.7 Å². The SMILES string of the molecule is N#C/C(=C(/N)c1ccc(Br)s1)c1ccncc1. The number of nitriles is 1. The Hall–Kier alpha value is -1.64. The lowest BCUT2D eigenvalue weighted by Gasteiger charge is -2.03. The van der Waals surface area contributed by atoms with E-state index in [4.69, 9.17) is 5.73 Å². The molecule has 0 aliphatic rings. The molecule has 0 saturated carbocycles. The van der Waals surface area contributed by atoms with Crippen molar-refractivity contribution in [2.24, 2.45) is 5.73 Å². The Morgan fingerprint density at radius 2 is 2.00 bits per heavy atom. The molecule has 0 saturated heterocycles. The molecule has 2 heterocycles. The zero-order valence-electron chi connectivity index (χ0n) is 8.72. The van der Waals surface area contributed by atoms with Crippen LogP contribution in [-0.2, 0) is 0 Å². The molecule has 5 heteroatoms. The molecule has 0 radical (unpaired) electrons. The Morgan fingerprint density at radius 3 is 2.53 bits per heavy atom. The van der Waals surface area contributed by atoms with Gasteiger partial charge in [-0.2, -0.15) is 5.26 Å². The quantitative estimate of drug-likeness (QED) is 0.866. The van der Waals surface area contributed by atoms with Gasteiger partial charge in [0.25, 0.3) is 0 Å². The standard InChI is InChI=1S/C12H8BrN3S/c13-11-2-1-10(17-11)12(15)9(7-14)8-3-5-16-6-4-8/h1-6H,15H2/b12-9-. The van der Waals surface area contributed by atoms with Crippen LogP contribution < -0.4 is 5.73 Å². The van der Waals surface area contributed by atoms with Crippen LogP contribution in [0.1, 0.15) is 10.4 Å². The third-order valence-corrected chi connectivity index (χ3v) is 3.85.